The van der Waals surface area contributed by atoms with Crippen molar-refractivity contribution in [1.29, 1.82) is 0 Å². The van der Waals surface area contributed by atoms with Crippen LogP contribution in [-0.4, -0.2) is 16.8 Å². The Morgan fingerprint density at radius 3 is 2.38 bits per heavy atom. The first-order valence-electron chi connectivity index (χ1n) is 4.36. The van der Waals surface area contributed by atoms with Crippen molar-refractivity contribution in [3.63, 3.8) is 0 Å². The number of rotatable bonds is 2. The van der Waals surface area contributed by atoms with E-state index in [4.69, 9.17) is 10.8 Å². The third kappa shape index (κ3) is 2.66. The van der Waals surface area contributed by atoms with Crippen molar-refractivity contribution in [2.24, 2.45) is 5.73 Å². The lowest BCUT2D eigenvalue weighted by molar-refractivity contribution is -0.138. The van der Waals surface area contributed by atoms with Crippen molar-refractivity contribution in [3.05, 3.63) is 29.3 Å². The van der Waals surface area contributed by atoms with Crippen molar-refractivity contribution >= 4 is 6.08 Å². The van der Waals surface area contributed by atoms with Gasteiger partial charge in [-0.3, -0.25) is 0 Å². The van der Waals surface area contributed by atoms with Gasteiger partial charge in [-0.15, -0.1) is 0 Å². The SMILES string of the molecule is NC/C=C/c1cc(O)cc(C(F)(F)F)c1O. The number of alkyl halides is 3. The molecule has 0 saturated heterocycles. The molecule has 88 valence electrons. The molecule has 0 spiro atoms. The van der Waals surface area contributed by atoms with E-state index in [1.807, 2.05) is 0 Å². The van der Waals surface area contributed by atoms with Crippen LogP contribution in [0.1, 0.15) is 11.1 Å². The van der Waals surface area contributed by atoms with Crippen LogP contribution in [0.15, 0.2) is 18.2 Å². The van der Waals surface area contributed by atoms with E-state index >= 15 is 0 Å². The summed E-state index contributed by atoms with van der Waals surface area (Å²) in [6, 6.07) is 1.49. The van der Waals surface area contributed by atoms with Crippen molar-refractivity contribution in [2.75, 3.05) is 6.54 Å². The van der Waals surface area contributed by atoms with Gasteiger partial charge >= 0.3 is 6.18 Å². The standard InChI is InChI=1S/C10H10F3NO2/c11-10(12,13)8-5-7(15)4-6(9(8)16)2-1-3-14/h1-2,4-5,15-16H,3,14H2/b2-1+. The summed E-state index contributed by atoms with van der Waals surface area (Å²) in [6.45, 7) is 0.121. The molecule has 4 N–H and O–H groups in total. The quantitative estimate of drug-likeness (QED) is 0.685. The first-order valence-corrected chi connectivity index (χ1v) is 4.36. The molecule has 0 saturated carbocycles. The zero-order valence-electron chi connectivity index (χ0n) is 8.12. The molecule has 16 heavy (non-hydrogen) atoms. The predicted molar refractivity (Wildman–Crippen MR) is 52.9 cm³/mol. The Labute approximate surface area is 89.6 Å². The number of benzene rings is 1. The monoisotopic (exact) mass is 233 g/mol. The first kappa shape index (κ1) is 12.4. The summed E-state index contributed by atoms with van der Waals surface area (Å²) in [5.41, 5.74) is 3.73. The van der Waals surface area contributed by atoms with Crippen LogP contribution in [0.3, 0.4) is 0 Å². The molecule has 0 amide bonds. The van der Waals surface area contributed by atoms with Crippen molar-refractivity contribution in [1.82, 2.24) is 0 Å². The Bertz CT molecular complexity index is 413. The fourth-order valence-corrected chi connectivity index (χ4v) is 1.18. The van der Waals surface area contributed by atoms with Crippen molar-refractivity contribution < 1.29 is 23.4 Å². The van der Waals surface area contributed by atoms with Gasteiger partial charge in [-0.1, -0.05) is 12.2 Å². The molecule has 3 nitrogen and oxygen atoms in total. The molecule has 0 aromatic heterocycles. The van der Waals surface area contributed by atoms with Gasteiger partial charge in [0.25, 0.3) is 0 Å². The summed E-state index contributed by atoms with van der Waals surface area (Å²) in [4.78, 5) is 0. The molecule has 0 bridgehead atoms. The van der Waals surface area contributed by atoms with Gasteiger partial charge < -0.3 is 15.9 Å². The molecular weight excluding hydrogens is 223 g/mol. The van der Waals surface area contributed by atoms with Crippen LogP contribution in [0.2, 0.25) is 0 Å². The number of hydrogen-bond acceptors (Lipinski definition) is 3. The minimum absolute atomic E-state index is 0.121. The predicted octanol–water partition coefficient (Wildman–Crippen LogP) is 2.09. The van der Waals surface area contributed by atoms with E-state index in [-0.39, 0.29) is 12.1 Å². The Balaban J connectivity index is 3.32. The highest BCUT2D eigenvalue weighted by atomic mass is 19.4. The molecule has 1 aromatic carbocycles. The second-order valence-corrected chi connectivity index (χ2v) is 3.07. The molecule has 0 fully saturated rings. The minimum Gasteiger partial charge on any atom is -0.508 e. The minimum atomic E-state index is -4.71. The van der Waals surface area contributed by atoms with E-state index < -0.39 is 23.2 Å². The lowest BCUT2D eigenvalue weighted by Crippen LogP contribution is -2.05. The molecule has 1 aromatic rings. The number of phenols is 2. The highest BCUT2D eigenvalue weighted by Gasteiger charge is 2.35. The van der Waals surface area contributed by atoms with Gasteiger partial charge in [0.2, 0.25) is 0 Å². The summed E-state index contributed by atoms with van der Waals surface area (Å²) in [5, 5.41) is 18.5. The molecule has 6 heteroatoms. The van der Waals surface area contributed by atoms with Crippen LogP contribution in [0, 0.1) is 0 Å². The summed E-state index contributed by atoms with van der Waals surface area (Å²) in [7, 11) is 0. The second-order valence-electron chi connectivity index (χ2n) is 3.07. The van der Waals surface area contributed by atoms with Gasteiger partial charge in [0.15, 0.2) is 0 Å². The molecule has 0 aliphatic heterocycles. The summed E-state index contributed by atoms with van der Waals surface area (Å²) in [5.74, 6) is -1.49. The van der Waals surface area contributed by atoms with Crippen molar-refractivity contribution in [2.45, 2.75) is 6.18 Å². The van der Waals surface area contributed by atoms with Crippen LogP contribution in [0.25, 0.3) is 6.08 Å². The maximum Gasteiger partial charge on any atom is 0.420 e. The van der Waals surface area contributed by atoms with Gasteiger partial charge in [-0.2, -0.15) is 13.2 Å². The molecule has 0 aliphatic rings. The molecule has 0 aliphatic carbocycles. The van der Waals surface area contributed by atoms with Crippen LogP contribution in [-0.2, 0) is 6.18 Å². The average Bonchev–Trinajstić information content (AvgIpc) is 2.17. The molecule has 0 atom stereocenters. The Hall–Kier alpha value is -1.69. The maximum absolute atomic E-state index is 12.4. The van der Waals surface area contributed by atoms with Gasteiger partial charge in [0.05, 0.1) is 0 Å². The lowest BCUT2D eigenvalue weighted by Gasteiger charge is -2.11. The summed E-state index contributed by atoms with van der Waals surface area (Å²) < 4.78 is 37.2. The number of phenolic OH excluding ortho intramolecular Hbond substituents is 2. The van der Waals surface area contributed by atoms with Gasteiger partial charge in [-0.05, 0) is 12.1 Å². The van der Waals surface area contributed by atoms with E-state index in [0.29, 0.717) is 6.07 Å². The van der Waals surface area contributed by atoms with Crippen LogP contribution < -0.4 is 5.73 Å². The Morgan fingerprint density at radius 1 is 1.25 bits per heavy atom. The van der Waals surface area contributed by atoms with E-state index in [1.165, 1.54) is 12.2 Å². The first-order chi connectivity index (χ1) is 7.36. The third-order valence-corrected chi connectivity index (χ3v) is 1.86. The number of aromatic hydroxyl groups is 2. The molecule has 0 radical (unpaired) electrons. The summed E-state index contributed by atoms with van der Waals surface area (Å²) >= 11 is 0. The number of halogens is 3. The third-order valence-electron chi connectivity index (χ3n) is 1.86. The Kier molecular flexibility index (Phi) is 3.44. The highest BCUT2D eigenvalue weighted by Crippen LogP contribution is 2.40. The average molecular weight is 233 g/mol. The Morgan fingerprint density at radius 2 is 1.88 bits per heavy atom. The maximum atomic E-state index is 12.4. The molecular formula is C10H10F3NO2. The highest BCUT2D eigenvalue weighted by molar-refractivity contribution is 5.62. The normalized spacial score (nSPS) is 12.2. The fourth-order valence-electron chi connectivity index (χ4n) is 1.18. The molecule has 1 rings (SSSR count). The zero-order chi connectivity index (χ0) is 12.3. The van der Waals surface area contributed by atoms with Crippen LogP contribution >= 0.6 is 0 Å². The topological polar surface area (TPSA) is 66.5 Å². The largest absolute Gasteiger partial charge is 0.508 e. The smallest absolute Gasteiger partial charge is 0.420 e. The van der Waals surface area contributed by atoms with E-state index in [2.05, 4.69) is 0 Å². The van der Waals surface area contributed by atoms with E-state index in [0.717, 1.165) is 6.07 Å². The van der Waals surface area contributed by atoms with Gasteiger partial charge in [0, 0.05) is 12.1 Å². The number of hydrogen-bond donors (Lipinski definition) is 3. The molecule has 0 unspecified atom stereocenters. The van der Waals surface area contributed by atoms with E-state index in [1.54, 1.807) is 0 Å². The van der Waals surface area contributed by atoms with Gasteiger partial charge in [0.1, 0.15) is 17.1 Å². The zero-order valence-corrected chi connectivity index (χ0v) is 8.12. The van der Waals surface area contributed by atoms with Crippen LogP contribution in [0.5, 0.6) is 11.5 Å². The lowest BCUT2D eigenvalue weighted by atomic mass is 10.1. The second kappa shape index (κ2) is 4.44. The number of nitrogens with two attached hydrogens (primary N) is 1. The van der Waals surface area contributed by atoms with Crippen molar-refractivity contribution in [3.8, 4) is 11.5 Å². The summed E-state index contributed by atoms with van der Waals surface area (Å²) in [6.07, 6.45) is -2.13. The van der Waals surface area contributed by atoms with Gasteiger partial charge in [-0.25, -0.2) is 0 Å². The van der Waals surface area contributed by atoms with E-state index in [9.17, 15) is 18.3 Å². The fraction of sp³-hybridized carbons (Fsp3) is 0.200. The van der Waals surface area contributed by atoms with Crippen LogP contribution in [0.4, 0.5) is 13.2 Å². The molecule has 0 heterocycles.